The van der Waals surface area contributed by atoms with Gasteiger partial charge in [0.1, 0.15) is 0 Å². The molecule has 1 unspecified atom stereocenters. The van der Waals surface area contributed by atoms with E-state index in [9.17, 15) is 13.2 Å². The van der Waals surface area contributed by atoms with Gasteiger partial charge in [-0.05, 0) is 66.1 Å². The molecule has 4 heterocycles. The predicted molar refractivity (Wildman–Crippen MR) is 168 cm³/mol. The minimum Gasteiger partial charge on any atom is -0.382 e. The average molecular weight is 619 g/mol. The van der Waals surface area contributed by atoms with Crippen LogP contribution in [0.5, 0.6) is 0 Å². The molecule has 222 valence electrons. The molecule has 0 bridgehead atoms. The Bertz CT molecular complexity index is 1960. The lowest BCUT2D eigenvalue weighted by molar-refractivity contribution is 0.122. The monoisotopic (exact) mass is 618 g/mol. The Morgan fingerprint density at radius 3 is 2.60 bits per heavy atom. The van der Waals surface area contributed by atoms with Crippen LogP contribution in [0.25, 0.3) is 22.2 Å². The molecule has 1 fully saturated rings. The normalized spacial score (nSPS) is 14.7. The standard InChI is InChI=1S/C32H31ClN4O5S/c1-22-8-9-26(19-29(22)35-13-15-42-16-14-35)43(39,40)37-20-28(27-7-4-11-34-32(27)37)23-10-12-36(31(38)18-23)30(21-41-2)24-5-3-6-25(33)17-24/h3-12,17-20,30H,13-16,21H2,1-2H3. The predicted octanol–water partition coefficient (Wildman–Crippen LogP) is 5.14. The van der Waals surface area contributed by atoms with Gasteiger partial charge in [0.15, 0.2) is 5.65 Å². The van der Waals surface area contributed by atoms with Crippen LogP contribution in [0, 0.1) is 6.92 Å². The molecular weight excluding hydrogens is 588 g/mol. The van der Waals surface area contributed by atoms with Gasteiger partial charge in [-0.3, -0.25) is 4.79 Å². The third-order valence-electron chi connectivity index (χ3n) is 7.77. The van der Waals surface area contributed by atoms with Crippen LogP contribution >= 0.6 is 11.6 Å². The lowest BCUT2D eigenvalue weighted by Gasteiger charge is -2.30. The molecule has 3 aromatic heterocycles. The minimum absolute atomic E-state index is 0.160. The zero-order valence-corrected chi connectivity index (χ0v) is 25.4. The van der Waals surface area contributed by atoms with Crippen molar-refractivity contribution in [2.24, 2.45) is 0 Å². The number of fused-ring (bicyclic) bond motifs is 1. The average Bonchev–Trinajstić information content (AvgIpc) is 3.41. The highest BCUT2D eigenvalue weighted by Crippen LogP contribution is 2.33. The second-order valence-corrected chi connectivity index (χ2v) is 12.7. The molecule has 9 nitrogen and oxygen atoms in total. The zero-order chi connectivity index (χ0) is 30.1. The number of morpholine rings is 1. The summed E-state index contributed by atoms with van der Waals surface area (Å²) in [5.74, 6) is 0. The molecule has 11 heteroatoms. The first kappa shape index (κ1) is 29.1. The van der Waals surface area contributed by atoms with Crippen LogP contribution in [0.4, 0.5) is 5.69 Å². The Labute approximate surface area is 254 Å². The van der Waals surface area contributed by atoms with Crippen molar-refractivity contribution in [2.75, 3.05) is 44.9 Å². The van der Waals surface area contributed by atoms with E-state index < -0.39 is 16.1 Å². The van der Waals surface area contributed by atoms with Crippen LogP contribution < -0.4 is 10.5 Å². The van der Waals surface area contributed by atoms with Crippen molar-refractivity contribution in [1.29, 1.82) is 0 Å². The summed E-state index contributed by atoms with van der Waals surface area (Å²) in [5, 5.41) is 1.18. The highest BCUT2D eigenvalue weighted by molar-refractivity contribution is 7.90. The summed E-state index contributed by atoms with van der Waals surface area (Å²) < 4.78 is 41.9. The minimum atomic E-state index is -4.03. The van der Waals surface area contributed by atoms with Crippen molar-refractivity contribution >= 4 is 38.3 Å². The summed E-state index contributed by atoms with van der Waals surface area (Å²) in [6, 6.07) is 19.0. The number of hydrogen-bond acceptors (Lipinski definition) is 7. The number of methoxy groups -OCH3 is 1. The van der Waals surface area contributed by atoms with E-state index in [0.29, 0.717) is 47.8 Å². The molecule has 1 aliphatic heterocycles. The van der Waals surface area contributed by atoms with Gasteiger partial charge in [-0.25, -0.2) is 17.4 Å². The molecule has 0 saturated carbocycles. The Morgan fingerprint density at radius 1 is 1.05 bits per heavy atom. The highest BCUT2D eigenvalue weighted by Gasteiger charge is 2.25. The number of rotatable bonds is 8. The van der Waals surface area contributed by atoms with E-state index in [1.807, 2.05) is 37.3 Å². The van der Waals surface area contributed by atoms with Crippen molar-refractivity contribution in [3.8, 4) is 11.1 Å². The number of ether oxygens (including phenoxy) is 2. The zero-order valence-electron chi connectivity index (χ0n) is 23.8. The number of benzene rings is 2. The number of aryl methyl sites for hydroxylation is 1. The van der Waals surface area contributed by atoms with Gasteiger partial charge in [0.25, 0.3) is 15.6 Å². The number of hydrogen-bond donors (Lipinski definition) is 0. The SMILES string of the molecule is COCC(c1cccc(Cl)c1)n1ccc(-c2cn(S(=O)(=O)c3ccc(C)c(N4CCOCC4)c3)c3ncccc23)cc1=O. The molecule has 1 aliphatic rings. The van der Waals surface area contributed by atoms with Gasteiger partial charge in [-0.1, -0.05) is 29.8 Å². The number of aromatic nitrogens is 3. The molecule has 0 N–H and O–H groups in total. The van der Waals surface area contributed by atoms with E-state index in [2.05, 4.69) is 9.88 Å². The van der Waals surface area contributed by atoms with Gasteiger partial charge in [0.05, 0.1) is 30.8 Å². The second-order valence-electron chi connectivity index (χ2n) is 10.5. The summed E-state index contributed by atoms with van der Waals surface area (Å²) >= 11 is 6.22. The van der Waals surface area contributed by atoms with Gasteiger partial charge in [-0.15, -0.1) is 0 Å². The molecule has 43 heavy (non-hydrogen) atoms. The van der Waals surface area contributed by atoms with Crippen LogP contribution in [0.3, 0.4) is 0 Å². The number of halogens is 1. The molecule has 0 spiro atoms. The largest absolute Gasteiger partial charge is 0.382 e. The highest BCUT2D eigenvalue weighted by atomic mass is 35.5. The van der Waals surface area contributed by atoms with Gasteiger partial charge in [0, 0.05) is 66.5 Å². The Kier molecular flexibility index (Phi) is 8.11. The first-order chi connectivity index (χ1) is 20.8. The summed E-state index contributed by atoms with van der Waals surface area (Å²) in [5.41, 5.74) is 3.87. The van der Waals surface area contributed by atoms with E-state index >= 15 is 0 Å². The van der Waals surface area contributed by atoms with E-state index in [1.165, 1.54) is 10.0 Å². The van der Waals surface area contributed by atoms with Gasteiger partial charge >= 0.3 is 0 Å². The van der Waals surface area contributed by atoms with Crippen LogP contribution in [0.15, 0.2) is 95.0 Å². The maximum atomic E-state index is 14.1. The number of nitrogens with zero attached hydrogens (tertiary/aromatic N) is 4. The summed E-state index contributed by atoms with van der Waals surface area (Å²) in [6.07, 6.45) is 4.81. The Hall–Kier alpha value is -3.96. The third kappa shape index (κ3) is 5.59. The Morgan fingerprint density at radius 2 is 1.86 bits per heavy atom. The maximum absolute atomic E-state index is 14.1. The molecule has 5 aromatic rings. The summed E-state index contributed by atoms with van der Waals surface area (Å²) in [7, 11) is -2.45. The topological polar surface area (TPSA) is 95.7 Å². The number of pyridine rings is 2. The second kappa shape index (κ2) is 12.0. The fourth-order valence-corrected chi connectivity index (χ4v) is 7.12. The van der Waals surface area contributed by atoms with Crippen molar-refractivity contribution in [3.63, 3.8) is 0 Å². The fourth-order valence-electron chi connectivity index (χ4n) is 5.58. The van der Waals surface area contributed by atoms with Gasteiger partial charge in [0.2, 0.25) is 0 Å². The summed E-state index contributed by atoms with van der Waals surface area (Å²) in [4.78, 5) is 20.2. The van der Waals surface area contributed by atoms with Crippen LogP contribution in [-0.4, -0.2) is 62.0 Å². The van der Waals surface area contributed by atoms with Crippen LogP contribution in [0.2, 0.25) is 5.02 Å². The molecule has 0 amide bonds. The lowest BCUT2D eigenvalue weighted by atomic mass is 10.1. The smallest absolute Gasteiger partial charge is 0.269 e. The quantitative estimate of drug-likeness (QED) is 0.238. The van der Waals surface area contributed by atoms with Crippen molar-refractivity contribution in [2.45, 2.75) is 17.9 Å². The fraction of sp³-hybridized carbons (Fsp3) is 0.250. The van der Waals surface area contributed by atoms with E-state index in [-0.39, 0.29) is 22.7 Å². The van der Waals surface area contributed by atoms with E-state index in [0.717, 1.165) is 16.8 Å². The van der Waals surface area contributed by atoms with Crippen molar-refractivity contribution in [1.82, 2.24) is 13.5 Å². The molecule has 0 radical (unpaired) electrons. The molecule has 1 atom stereocenters. The molecular formula is C32H31ClN4O5S. The maximum Gasteiger partial charge on any atom is 0.269 e. The van der Waals surface area contributed by atoms with E-state index in [4.69, 9.17) is 21.1 Å². The van der Waals surface area contributed by atoms with E-state index in [1.54, 1.807) is 60.6 Å². The molecule has 0 aliphatic carbocycles. The van der Waals surface area contributed by atoms with Gasteiger partial charge < -0.3 is 18.9 Å². The first-order valence-electron chi connectivity index (χ1n) is 13.9. The van der Waals surface area contributed by atoms with Crippen LogP contribution in [0.1, 0.15) is 17.2 Å². The first-order valence-corrected chi connectivity index (χ1v) is 15.7. The number of anilines is 1. The molecule has 2 aromatic carbocycles. The van der Waals surface area contributed by atoms with Crippen LogP contribution in [-0.2, 0) is 19.5 Å². The van der Waals surface area contributed by atoms with Crippen molar-refractivity contribution < 1.29 is 17.9 Å². The lowest BCUT2D eigenvalue weighted by Crippen LogP contribution is -2.36. The third-order valence-corrected chi connectivity index (χ3v) is 9.66. The van der Waals surface area contributed by atoms with Gasteiger partial charge in [-0.2, -0.15) is 0 Å². The molecule has 1 saturated heterocycles. The Balaban J connectivity index is 1.42. The van der Waals surface area contributed by atoms with Crippen molar-refractivity contribution in [3.05, 3.63) is 112 Å². The molecule has 6 rings (SSSR count). The summed E-state index contributed by atoms with van der Waals surface area (Å²) in [6.45, 7) is 4.81.